The summed E-state index contributed by atoms with van der Waals surface area (Å²) in [6.07, 6.45) is 6.13. The van der Waals surface area contributed by atoms with Crippen LogP contribution in [0.5, 0.6) is 0 Å². The van der Waals surface area contributed by atoms with Crippen LogP contribution in [0.15, 0.2) is 29.8 Å². The van der Waals surface area contributed by atoms with Gasteiger partial charge in [-0.1, -0.05) is 36.9 Å². The number of halogens is 1. The molecule has 116 valence electrons. The fourth-order valence-corrected chi connectivity index (χ4v) is 3.64. The second kappa shape index (κ2) is 7.11. The third-order valence-electron chi connectivity index (χ3n) is 3.81. The van der Waals surface area contributed by atoms with Crippen LogP contribution in [-0.2, 0) is 0 Å². The van der Waals surface area contributed by atoms with E-state index in [1.54, 1.807) is 23.7 Å². The summed E-state index contributed by atoms with van der Waals surface area (Å²) in [5.74, 6) is -0.207. The molecule has 1 aliphatic rings. The number of carbonyl (C=O) groups is 1. The summed E-state index contributed by atoms with van der Waals surface area (Å²) in [5.41, 5.74) is 2.84. The molecule has 0 atom stereocenters. The van der Waals surface area contributed by atoms with Gasteiger partial charge in [0.05, 0.1) is 5.51 Å². The topological polar surface area (TPSA) is 54.0 Å². The van der Waals surface area contributed by atoms with Crippen LogP contribution >= 0.6 is 22.9 Å². The predicted molar refractivity (Wildman–Crippen MR) is 92.0 cm³/mol. The molecule has 0 radical (unpaired) electrons. The molecule has 0 bridgehead atoms. The maximum Gasteiger partial charge on any atom is 0.277 e. The number of nitrogens with zero attached hydrogens (tertiary/aromatic N) is 1. The molecule has 0 spiro atoms. The molecule has 1 aromatic carbocycles. The molecule has 6 heteroatoms. The average Bonchev–Trinajstić information content (AvgIpc) is 2.96. The van der Waals surface area contributed by atoms with E-state index in [2.05, 4.69) is 15.6 Å². The molecule has 22 heavy (non-hydrogen) atoms. The Morgan fingerprint density at radius 1 is 1.27 bits per heavy atom. The number of benzene rings is 1. The largest absolute Gasteiger partial charge is 0.372 e. The molecule has 1 saturated carbocycles. The molecule has 3 rings (SSSR count). The monoisotopic (exact) mass is 335 g/mol. The predicted octanol–water partition coefficient (Wildman–Crippen LogP) is 4.79. The van der Waals surface area contributed by atoms with E-state index < -0.39 is 0 Å². The number of hydrogen-bond acceptors (Lipinski definition) is 4. The second-order valence-corrected chi connectivity index (χ2v) is 6.77. The molecule has 1 aromatic heterocycles. The van der Waals surface area contributed by atoms with Gasteiger partial charge in [-0.3, -0.25) is 4.79 Å². The van der Waals surface area contributed by atoms with Gasteiger partial charge in [0.15, 0.2) is 5.69 Å². The smallest absolute Gasteiger partial charge is 0.277 e. The van der Waals surface area contributed by atoms with Crippen LogP contribution in [0.25, 0.3) is 0 Å². The van der Waals surface area contributed by atoms with E-state index in [0.717, 1.165) is 17.8 Å². The minimum atomic E-state index is -0.207. The molecule has 0 saturated heterocycles. The van der Waals surface area contributed by atoms with E-state index in [4.69, 9.17) is 11.6 Å². The normalized spacial score (nSPS) is 15.5. The van der Waals surface area contributed by atoms with E-state index in [0.29, 0.717) is 22.4 Å². The lowest BCUT2D eigenvalue weighted by Crippen LogP contribution is -2.23. The molecule has 2 N–H and O–H groups in total. The second-order valence-electron chi connectivity index (χ2n) is 5.47. The van der Waals surface area contributed by atoms with Gasteiger partial charge in [-0.25, -0.2) is 4.98 Å². The first-order valence-electron chi connectivity index (χ1n) is 7.49. The molecule has 1 amide bonds. The Balaban J connectivity index is 1.69. The molecule has 1 heterocycles. The van der Waals surface area contributed by atoms with Crippen LogP contribution in [0.4, 0.5) is 10.7 Å². The van der Waals surface area contributed by atoms with E-state index >= 15 is 0 Å². The van der Waals surface area contributed by atoms with Crippen molar-refractivity contribution in [2.45, 2.75) is 38.1 Å². The first-order valence-corrected chi connectivity index (χ1v) is 8.75. The van der Waals surface area contributed by atoms with Crippen molar-refractivity contribution in [2.24, 2.45) is 0 Å². The Morgan fingerprint density at radius 3 is 2.86 bits per heavy atom. The van der Waals surface area contributed by atoms with Crippen LogP contribution in [0.1, 0.15) is 42.6 Å². The fourth-order valence-electron chi connectivity index (χ4n) is 2.70. The Bertz CT molecular complexity index is 652. The van der Waals surface area contributed by atoms with Crippen molar-refractivity contribution in [2.75, 3.05) is 10.6 Å². The average molecular weight is 336 g/mol. The zero-order valence-corrected chi connectivity index (χ0v) is 13.7. The Labute approximate surface area is 138 Å². The fraction of sp³-hybridized carbons (Fsp3) is 0.375. The summed E-state index contributed by atoms with van der Waals surface area (Å²) in [6.45, 7) is 0. The highest BCUT2D eigenvalue weighted by molar-refractivity contribution is 7.14. The summed E-state index contributed by atoms with van der Waals surface area (Å²) in [7, 11) is 0. The third kappa shape index (κ3) is 3.78. The summed E-state index contributed by atoms with van der Waals surface area (Å²) < 4.78 is 0. The lowest BCUT2D eigenvalue weighted by atomic mass is 9.96. The Hall–Kier alpha value is -1.59. The highest BCUT2D eigenvalue weighted by Crippen LogP contribution is 2.27. The van der Waals surface area contributed by atoms with Crippen molar-refractivity contribution in [1.82, 2.24) is 4.98 Å². The van der Waals surface area contributed by atoms with Crippen molar-refractivity contribution in [1.29, 1.82) is 0 Å². The summed E-state index contributed by atoms with van der Waals surface area (Å²) in [5, 5.41) is 7.77. The number of thiazole rings is 1. The van der Waals surface area contributed by atoms with Crippen molar-refractivity contribution in [3.63, 3.8) is 0 Å². The van der Waals surface area contributed by atoms with Crippen LogP contribution in [0, 0.1) is 0 Å². The van der Waals surface area contributed by atoms with Gasteiger partial charge in [0.2, 0.25) is 0 Å². The van der Waals surface area contributed by atoms with Gasteiger partial charge in [-0.2, -0.15) is 0 Å². The summed E-state index contributed by atoms with van der Waals surface area (Å²) >= 11 is 7.41. The summed E-state index contributed by atoms with van der Waals surface area (Å²) in [4.78, 5) is 16.6. The lowest BCUT2D eigenvalue weighted by Gasteiger charge is -2.23. The number of hydrogen-bond donors (Lipinski definition) is 2. The highest BCUT2D eigenvalue weighted by atomic mass is 35.5. The Morgan fingerprint density at radius 2 is 2.09 bits per heavy atom. The van der Waals surface area contributed by atoms with E-state index in [1.807, 2.05) is 6.07 Å². The number of amides is 1. The van der Waals surface area contributed by atoms with Gasteiger partial charge >= 0.3 is 0 Å². The van der Waals surface area contributed by atoms with E-state index in [9.17, 15) is 4.79 Å². The van der Waals surface area contributed by atoms with Gasteiger partial charge in [0.1, 0.15) is 5.00 Å². The van der Waals surface area contributed by atoms with Crippen LogP contribution in [0.3, 0.4) is 0 Å². The lowest BCUT2D eigenvalue weighted by molar-refractivity contribution is 0.102. The molecular formula is C16H18ClN3OS. The molecule has 1 aliphatic carbocycles. The number of aromatic nitrogens is 1. The Kier molecular flexibility index (Phi) is 4.95. The number of nitrogens with one attached hydrogen (secondary N) is 2. The molecule has 0 unspecified atom stereocenters. The molecule has 0 aliphatic heterocycles. The molecule has 4 nitrogen and oxygen atoms in total. The zero-order valence-electron chi connectivity index (χ0n) is 12.1. The summed E-state index contributed by atoms with van der Waals surface area (Å²) in [6, 6.07) is 7.56. The number of carbonyl (C=O) groups excluding carboxylic acids is 1. The van der Waals surface area contributed by atoms with Crippen molar-refractivity contribution in [3.8, 4) is 0 Å². The first-order chi connectivity index (χ1) is 10.7. The van der Waals surface area contributed by atoms with Crippen molar-refractivity contribution >= 4 is 39.5 Å². The van der Waals surface area contributed by atoms with Gasteiger partial charge in [-0.05, 0) is 31.0 Å². The van der Waals surface area contributed by atoms with Gasteiger partial charge in [0.25, 0.3) is 5.91 Å². The molecular weight excluding hydrogens is 318 g/mol. The first kappa shape index (κ1) is 15.3. The SMILES string of the molecule is O=C(Nc1cccc(Cl)c1)c1ncsc1NC1CCCCC1. The number of rotatable bonds is 4. The van der Waals surface area contributed by atoms with Crippen LogP contribution in [0.2, 0.25) is 5.02 Å². The van der Waals surface area contributed by atoms with Gasteiger partial charge in [-0.15, -0.1) is 11.3 Å². The molecule has 2 aromatic rings. The van der Waals surface area contributed by atoms with Crippen LogP contribution < -0.4 is 10.6 Å². The third-order valence-corrected chi connectivity index (χ3v) is 4.80. The minimum Gasteiger partial charge on any atom is -0.372 e. The van der Waals surface area contributed by atoms with Crippen LogP contribution in [-0.4, -0.2) is 16.9 Å². The van der Waals surface area contributed by atoms with Crippen molar-refractivity contribution < 1.29 is 4.79 Å². The van der Waals surface area contributed by atoms with Gasteiger partial charge < -0.3 is 10.6 Å². The van der Waals surface area contributed by atoms with Gasteiger partial charge in [0, 0.05) is 16.8 Å². The highest BCUT2D eigenvalue weighted by Gasteiger charge is 2.19. The minimum absolute atomic E-state index is 0.207. The molecule has 1 fully saturated rings. The maximum absolute atomic E-state index is 12.4. The number of anilines is 2. The zero-order chi connectivity index (χ0) is 15.4. The quantitative estimate of drug-likeness (QED) is 0.844. The van der Waals surface area contributed by atoms with E-state index in [1.165, 1.54) is 30.6 Å². The maximum atomic E-state index is 12.4. The van der Waals surface area contributed by atoms with Crippen molar-refractivity contribution in [3.05, 3.63) is 40.5 Å². The standard InChI is InChI=1S/C16H18ClN3OS/c17-11-5-4-8-13(9-11)19-15(21)14-16(22-10-18-14)20-12-6-2-1-3-7-12/h4-5,8-10,12,20H,1-3,6-7H2,(H,19,21). The van der Waals surface area contributed by atoms with E-state index in [-0.39, 0.29) is 5.91 Å².